The van der Waals surface area contributed by atoms with Gasteiger partial charge in [0.2, 0.25) is 0 Å². The summed E-state index contributed by atoms with van der Waals surface area (Å²) in [7, 11) is 0. The van der Waals surface area contributed by atoms with Crippen LogP contribution in [0.25, 0.3) is 0 Å². The molecule has 0 spiro atoms. The van der Waals surface area contributed by atoms with Crippen molar-refractivity contribution in [2.75, 3.05) is 0 Å². The molecule has 27 heavy (non-hydrogen) atoms. The summed E-state index contributed by atoms with van der Waals surface area (Å²) in [6.45, 7) is 0. The van der Waals surface area contributed by atoms with E-state index in [9.17, 15) is 0 Å². The monoisotopic (exact) mass is 595 g/mol. The molecule has 1 radical (unpaired) electrons. The molecular weight excluding hydrogens is 586 g/mol. The molecule has 0 saturated heterocycles. The van der Waals surface area contributed by atoms with E-state index in [-0.39, 0.29) is 32.7 Å². The molecule has 0 aliphatic heterocycles. The van der Waals surface area contributed by atoms with Crippen LogP contribution in [0.4, 0.5) is 0 Å². The van der Waals surface area contributed by atoms with Gasteiger partial charge in [-0.05, 0) is 0 Å². The Morgan fingerprint density at radius 3 is 0.296 bits per heavy atom. The molecule has 0 heterocycles. The molecule has 0 saturated carbocycles. The Morgan fingerprint density at radius 2 is 0.296 bits per heavy atom. The summed E-state index contributed by atoms with van der Waals surface area (Å²) in [6.07, 6.45) is 0. The van der Waals surface area contributed by atoms with Gasteiger partial charge in [-0.2, -0.15) is 0 Å². The molecule has 0 amide bonds. The largest absolute Gasteiger partial charge is 0.369 e. The molecule has 0 aromatic heterocycles. The predicted octanol–water partition coefficient (Wildman–Crippen LogP) is -0.685. The third-order valence-corrected chi connectivity index (χ3v) is 0. The first-order valence-electron chi connectivity index (χ1n) is 3.29. The van der Waals surface area contributed by atoms with Crippen LogP contribution < -0.4 is 12.3 Å². The zero-order valence-electron chi connectivity index (χ0n) is 12.4. The van der Waals surface area contributed by atoms with Gasteiger partial charge in [0, 0.05) is 20.4 Å². The van der Waals surface area contributed by atoms with Crippen molar-refractivity contribution in [2.45, 2.75) is 0 Å². The Morgan fingerprint density at radius 1 is 0.296 bits per heavy atom. The number of hydrogen-bond donors (Lipinski definition) is 2. The summed E-state index contributed by atoms with van der Waals surface area (Å²) >= 11 is 0. The third kappa shape index (κ3) is 479. The van der Waals surface area contributed by atoms with Crippen LogP contribution in [0.15, 0.2) is 0 Å². The Kier molecular flexibility index (Phi) is 104. The quantitative estimate of drug-likeness (QED) is 0.259. The van der Waals surface area contributed by atoms with Gasteiger partial charge in [0.05, 0.1) is 30.5 Å². The SMILES string of the molecule is O=[N+]([O-])[O-].O=[N+]([O-])[O-].O=[N+]([O-])[O-].O=[N+]([O-])[O-].O=[N+]([O-])[O-].O=[N+]([O-])[O-].[NH4+].[NH4+].[Re]. The van der Waals surface area contributed by atoms with Gasteiger partial charge >= 0.3 is 0 Å². The van der Waals surface area contributed by atoms with Crippen LogP contribution in [-0.2, 0) is 20.4 Å². The van der Waals surface area contributed by atoms with Gasteiger partial charge < -0.3 is 104 Å². The summed E-state index contributed by atoms with van der Waals surface area (Å²) in [5, 5.41) is 88.5. The first kappa shape index (κ1) is 56.9. The average Bonchev–Trinajstić information content (AvgIpc) is 2.08. The van der Waals surface area contributed by atoms with E-state index < -0.39 is 30.5 Å². The first-order chi connectivity index (χ1) is 10.4. The van der Waals surface area contributed by atoms with Crippen molar-refractivity contribution in [3.63, 3.8) is 0 Å². The van der Waals surface area contributed by atoms with E-state index in [0.29, 0.717) is 0 Å². The van der Waals surface area contributed by atoms with Gasteiger partial charge in [0.15, 0.2) is 0 Å². The molecule has 0 aromatic carbocycles. The van der Waals surface area contributed by atoms with E-state index in [4.69, 9.17) is 91.9 Å². The van der Waals surface area contributed by atoms with Crippen LogP contribution in [0.5, 0.6) is 0 Å². The van der Waals surface area contributed by atoms with Crippen molar-refractivity contribution in [1.82, 2.24) is 12.3 Å². The summed E-state index contributed by atoms with van der Waals surface area (Å²) in [6, 6.07) is 0. The topological polar surface area (TPSA) is 470 Å². The molecule has 0 rings (SSSR count). The van der Waals surface area contributed by atoms with Gasteiger partial charge in [-0.15, -0.1) is 0 Å². The summed E-state index contributed by atoms with van der Waals surface area (Å²) < 4.78 is 0. The second-order valence-corrected chi connectivity index (χ2v) is 1.34. The van der Waals surface area contributed by atoms with E-state index in [1.165, 1.54) is 0 Å². The van der Waals surface area contributed by atoms with Gasteiger partial charge in [-0.25, -0.2) is 0 Å². The summed E-state index contributed by atoms with van der Waals surface area (Å²) in [4.78, 5) is 49.5. The van der Waals surface area contributed by atoms with E-state index in [0.717, 1.165) is 0 Å². The van der Waals surface area contributed by atoms with Crippen LogP contribution in [0.3, 0.4) is 0 Å². The fourth-order valence-corrected chi connectivity index (χ4v) is 0. The van der Waals surface area contributed by atoms with Gasteiger partial charge in [-0.1, -0.05) is 0 Å². The molecule has 0 atom stereocenters. The van der Waals surface area contributed by atoms with E-state index in [1.54, 1.807) is 0 Å². The molecule has 26 nitrogen and oxygen atoms in total. The van der Waals surface area contributed by atoms with Crippen molar-refractivity contribution < 1.29 is 50.9 Å². The van der Waals surface area contributed by atoms with Crippen LogP contribution >= 0.6 is 0 Å². The smallest absolute Gasteiger partial charge is 0.0689 e. The second-order valence-electron chi connectivity index (χ2n) is 1.34. The van der Waals surface area contributed by atoms with Gasteiger partial charge in [-0.3, -0.25) is 0 Å². The molecule has 0 bridgehead atoms. The number of nitrogens with zero attached hydrogens (tertiary/aromatic N) is 6. The van der Waals surface area contributed by atoms with Crippen LogP contribution in [0.2, 0.25) is 0 Å². The van der Waals surface area contributed by atoms with Crippen LogP contribution in [0.1, 0.15) is 0 Å². The molecule has 0 aliphatic carbocycles. The molecule has 27 heteroatoms. The Labute approximate surface area is 156 Å². The molecular formula is H8N8O18Re-4. The summed E-state index contributed by atoms with van der Waals surface area (Å²) in [5.41, 5.74) is 0. The Hall–Kier alpha value is -4.22. The normalized spacial score (nSPS) is 5.33. The molecule has 167 valence electrons. The van der Waals surface area contributed by atoms with Crippen LogP contribution in [-0.4, -0.2) is 30.5 Å². The van der Waals surface area contributed by atoms with Gasteiger partial charge in [0.25, 0.3) is 0 Å². The number of quaternary nitrogens is 2. The molecule has 8 N–H and O–H groups in total. The third-order valence-electron chi connectivity index (χ3n) is 0. The van der Waals surface area contributed by atoms with Gasteiger partial charge in [0.1, 0.15) is 0 Å². The fraction of sp³-hybridized carbons (Fsp3) is 0. The van der Waals surface area contributed by atoms with Crippen molar-refractivity contribution in [2.24, 2.45) is 0 Å². The summed E-state index contributed by atoms with van der Waals surface area (Å²) in [5.74, 6) is 0. The van der Waals surface area contributed by atoms with E-state index in [1.807, 2.05) is 0 Å². The zero-order chi connectivity index (χ0) is 21.5. The standard InChI is InChI=1S/6NO3.2H3N.Re/c6*2-1(3)4;;;/h;;;;;;2*1H3;/q6*-1;;;/p+2. The molecule has 0 aliphatic rings. The minimum absolute atomic E-state index is 0. The fourth-order valence-electron chi connectivity index (χ4n) is 0. The Balaban J connectivity index is -0.0000000201. The van der Waals surface area contributed by atoms with E-state index in [2.05, 4.69) is 0 Å². The molecule has 0 unspecified atom stereocenters. The molecule has 0 aromatic rings. The van der Waals surface area contributed by atoms with Crippen LogP contribution in [0, 0.1) is 91.9 Å². The number of hydrogen-bond acceptors (Lipinski definition) is 18. The van der Waals surface area contributed by atoms with Crippen molar-refractivity contribution in [3.8, 4) is 0 Å². The predicted molar refractivity (Wildman–Crippen MR) is 74.1 cm³/mol. The maximum absolute atomic E-state index is 8.25. The minimum atomic E-state index is -1.75. The average molecular weight is 594 g/mol. The second kappa shape index (κ2) is 49.5. The van der Waals surface area contributed by atoms with Crippen molar-refractivity contribution in [1.29, 1.82) is 0 Å². The van der Waals surface area contributed by atoms with Crippen molar-refractivity contribution in [3.05, 3.63) is 91.9 Å². The molecule has 0 fully saturated rings. The van der Waals surface area contributed by atoms with E-state index >= 15 is 0 Å². The maximum atomic E-state index is 8.25. The zero-order valence-corrected chi connectivity index (χ0v) is 15.1. The number of rotatable bonds is 0. The maximum Gasteiger partial charge on any atom is 0.0689 e. The van der Waals surface area contributed by atoms with Crippen molar-refractivity contribution >= 4 is 0 Å². The first-order valence-corrected chi connectivity index (χ1v) is 3.29. The Bertz CT molecular complexity index is 260. The minimum Gasteiger partial charge on any atom is -0.369 e.